The summed E-state index contributed by atoms with van der Waals surface area (Å²) < 4.78 is 38.5. The Morgan fingerprint density at radius 1 is 0.935 bits per heavy atom. The third kappa shape index (κ3) is 4.95. The molecule has 1 N–H and O–H groups in total. The molecule has 156 valence electrons. The van der Waals surface area contributed by atoms with Crippen molar-refractivity contribution in [2.24, 2.45) is 0 Å². The summed E-state index contributed by atoms with van der Waals surface area (Å²) >= 11 is 7.39. The number of nitrogens with one attached hydrogen (secondary N) is 1. The lowest BCUT2D eigenvalue weighted by Crippen LogP contribution is -2.13. The molecule has 0 saturated carbocycles. The predicted octanol–water partition coefficient (Wildman–Crippen LogP) is 7.40. The number of carbonyl (C=O) groups excluding carboxylic acids is 1. The van der Waals surface area contributed by atoms with Crippen molar-refractivity contribution in [2.75, 3.05) is 5.32 Å². The van der Waals surface area contributed by atoms with Crippen LogP contribution in [-0.2, 0) is 6.18 Å². The Bertz CT molecular complexity index is 1220. The molecule has 0 aliphatic rings. The van der Waals surface area contributed by atoms with Crippen LogP contribution in [-0.4, -0.2) is 10.9 Å². The lowest BCUT2D eigenvalue weighted by Gasteiger charge is -2.10. The Morgan fingerprint density at radius 2 is 1.61 bits per heavy atom. The second kappa shape index (κ2) is 8.53. The van der Waals surface area contributed by atoms with Gasteiger partial charge in [0.25, 0.3) is 5.91 Å². The standard InChI is InChI=1S/C23H14ClF3N2OS/c24-18-10-8-14(9-11-18)20-13-31-22(29-20)16-6-4-15(5-7-16)21(30)28-19-3-1-2-17(12-19)23(25,26)27/h1-13H,(H,28,30). The summed E-state index contributed by atoms with van der Waals surface area (Å²) in [6, 6.07) is 18.6. The summed E-state index contributed by atoms with van der Waals surface area (Å²) in [5.74, 6) is -0.494. The maximum atomic E-state index is 12.8. The summed E-state index contributed by atoms with van der Waals surface area (Å²) in [6.07, 6.45) is -4.47. The number of amides is 1. The molecule has 0 radical (unpaired) electrons. The van der Waals surface area contributed by atoms with Crippen molar-refractivity contribution in [3.8, 4) is 21.8 Å². The normalized spacial score (nSPS) is 11.4. The maximum absolute atomic E-state index is 12.8. The zero-order chi connectivity index (χ0) is 22.0. The van der Waals surface area contributed by atoms with Crippen LogP contribution in [0.15, 0.2) is 78.2 Å². The fourth-order valence-electron chi connectivity index (χ4n) is 2.90. The van der Waals surface area contributed by atoms with Crippen molar-refractivity contribution >= 4 is 34.5 Å². The number of halogens is 4. The molecule has 0 unspecified atom stereocenters. The molecule has 1 heterocycles. The molecule has 31 heavy (non-hydrogen) atoms. The van der Waals surface area contributed by atoms with Gasteiger partial charge in [-0.25, -0.2) is 4.98 Å². The zero-order valence-electron chi connectivity index (χ0n) is 15.8. The highest BCUT2D eigenvalue weighted by Crippen LogP contribution is 2.31. The average Bonchev–Trinajstić information content (AvgIpc) is 3.24. The van der Waals surface area contributed by atoms with Crippen LogP contribution < -0.4 is 5.32 Å². The average molecular weight is 459 g/mol. The number of thiazole rings is 1. The number of hydrogen-bond donors (Lipinski definition) is 1. The van der Waals surface area contributed by atoms with Gasteiger partial charge in [0, 0.05) is 32.8 Å². The molecular weight excluding hydrogens is 445 g/mol. The Morgan fingerprint density at radius 3 is 2.29 bits per heavy atom. The Balaban J connectivity index is 1.48. The van der Waals surface area contributed by atoms with E-state index >= 15 is 0 Å². The quantitative estimate of drug-likeness (QED) is 0.346. The van der Waals surface area contributed by atoms with Crippen LogP contribution in [0.25, 0.3) is 21.8 Å². The van der Waals surface area contributed by atoms with Crippen molar-refractivity contribution in [1.29, 1.82) is 0 Å². The van der Waals surface area contributed by atoms with Gasteiger partial charge in [0.1, 0.15) is 5.01 Å². The fourth-order valence-corrected chi connectivity index (χ4v) is 3.86. The molecule has 3 aromatic carbocycles. The van der Waals surface area contributed by atoms with Crippen LogP contribution in [0.5, 0.6) is 0 Å². The molecule has 4 aromatic rings. The Hall–Kier alpha value is -3.16. The topological polar surface area (TPSA) is 42.0 Å². The van der Waals surface area contributed by atoms with Crippen LogP contribution in [0.4, 0.5) is 18.9 Å². The SMILES string of the molecule is O=C(Nc1cccc(C(F)(F)F)c1)c1ccc(-c2nc(-c3ccc(Cl)cc3)cs2)cc1. The molecule has 0 bridgehead atoms. The fraction of sp³-hybridized carbons (Fsp3) is 0.0435. The van der Waals surface area contributed by atoms with Gasteiger partial charge in [-0.05, 0) is 42.5 Å². The van der Waals surface area contributed by atoms with E-state index in [1.807, 2.05) is 17.5 Å². The van der Waals surface area contributed by atoms with E-state index in [2.05, 4.69) is 10.3 Å². The number of carbonyl (C=O) groups is 1. The van der Waals surface area contributed by atoms with Gasteiger partial charge in [0.2, 0.25) is 0 Å². The van der Waals surface area contributed by atoms with Crippen molar-refractivity contribution in [2.45, 2.75) is 6.18 Å². The first kappa shape index (κ1) is 21.1. The van der Waals surface area contributed by atoms with E-state index in [-0.39, 0.29) is 5.69 Å². The molecular formula is C23H14ClF3N2OS. The number of hydrogen-bond acceptors (Lipinski definition) is 3. The smallest absolute Gasteiger partial charge is 0.322 e. The molecule has 0 atom stereocenters. The molecule has 1 amide bonds. The van der Waals surface area contributed by atoms with Gasteiger partial charge >= 0.3 is 6.18 Å². The van der Waals surface area contributed by atoms with Crippen LogP contribution in [0.3, 0.4) is 0 Å². The van der Waals surface area contributed by atoms with E-state index in [4.69, 9.17) is 11.6 Å². The highest BCUT2D eigenvalue weighted by Gasteiger charge is 2.30. The number of benzene rings is 3. The molecule has 1 aromatic heterocycles. The lowest BCUT2D eigenvalue weighted by molar-refractivity contribution is -0.137. The second-order valence-electron chi connectivity index (χ2n) is 6.65. The van der Waals surface area contributed by atoms with Crippen LogP contribution in [0.1, 0.15) is 15.9 Å². The minimum Gasteiger partial charge on any atom is -0.322 e. The summed E-state index contributed by atoms with van der Waals surface area (Å²) in [7, 11) is 0. The number of aromatic nitrogens is 1. The van der Waals surface area contributed by atoms with E-state index in [1.165, 1.54) is 23.5 Å². The zero-order valence-corrected chi connectivity index (χ0v) is 17.4. The van der Waals surface area contributed by atoms with Gasteiger partial charge in [-0.3, -0.25) is 4.79 Å². The molecule has 3 nitrogen and oxygen atoms in total. The molecule has 0 spiro atoms. The van der Waals surface area contributed by atoms with Crippen LogP contribution >= 0.6 is 22.9 Å². The van der Waals surface area contributed by atoms with E-state index in [9.17, 15) is 18.0 Å². The number of nitrogens with zero attached hydrogens (tertiary/aromatic N) is 1. The van der Waals surface area contributed by atoms with Gasteiger partial charge in [0.05, 0.1) is 11.3 Å². The summed E-state index contributed by atoms with van der Waals surface area (Å²) in [4.78, 5) is 17.0. The van der Waals surface area contributed by atoms with Crippen molar-refractivity contribution in [3.05, 3.63) is 94.3 Å². The van der Waals surface area contributed by atoms with Crippen molar-refractivity contribution < 1.29 is 18.0 Å². The van der Waals surface area contributed by atoms with E-state index in [1.54, 1.807) is 36.4 Å². The first-order valence-corrected chi connectivity index (χ1v) is 10.4. The van der Waals surface area contributed by atoms with E-state index in [0.29, 0.717) is 10.6 Å². The van der Waals surface area contributed by atoms with Crippen molar-refractivity contribution in [3.63, 3.8) is 0 Å². The molecule has 0 aliphatic heterocycles. The molecule has 8 heteroatoms. The highest BCUT2D eigenvalue weighted by atomic mass is 35.5. The summed E-state index contributed by atoms with van der Waals surface area (Å²) in [5.41, 5.74) is 2.20. The first-order valence-electron chi connectivity index (χ1n) is 9.10. The van der Waals surface area contributed by atoms with Gasteiger partial charge in [-0.15, -0.1) is 11.3 Å². The third-order valence-corrected chi connectivity index (χ3v) is 5.63. The second-order valence-corrected chi connectivity index (χ2v) is 7.95. The molecule has 4 rings (SSSR count). The largest absolute Gasteiger partial charge is 0.416 e. The minimum absolute atomic E-state index is 0.0800. The van der Waals surface area contributed by atoms with Gasteiger partial charge in [0.15, 0.2) is 0 Å². The molecule has 0 saturated heterocycles. The summed E-state index contributed by atoms with van der Waals surface area (Å²) in [5, 5.41) is 5.87. The minimum atomic E-state index is -4.47. The van der Waals surface area contributed by atoms with Crippen LogP contribution in [0.2, 0.25) is 5.02 Å². The van der Waals surface area contributed by atoms with E-state index in [0.717, 1.165) is 34.0 Å². The molecule has 0 aliphatic carbocycles. The van der Waals surface area contributed by atoms with Gasteiger partial charge in [-0.1, -0.05) is 41.9 Å². The highest BCUT2D eigenvalue weighted by molar-refractivity contribution is 7.13. The number of anilines is 1. The van der Waals surface area contributed by atoms with Crippen LogP contribution in [0, 0.1) is 0 Å². The third-order valence-electron chi connectivity index (χ3n) is 4.49. The Kier molecular flexibility index (Phi) is 5.80. The summed E-state index contributed by atoms with van der Waals surface area (Å²) in [6.45, 7) is 0. The van der Waals surface area contributed by atoms with Crippen molar-refractivity contribution in [1.82, 2.24) is 4.98 Å². The Labute approximate surface area is 185 Å². The lowest BCUT2D eigenvalue weighted by atomic mass is 10.1. The molecule has 0 fully saturated rings. The number of rotatable bonds is 4. The predicted molar refractivity (Wildman–Crippen MR) is 117 cm³/mol. The van der Waals surface area contributed by atoms with Gasteiger partial charge in [-0.2, -0.15) is 13.2 Å². The number of alkyl halides is 3. The monoisotopic (exact) mass is 458 g/mol. The van der Waals surface area contributed by atoms with E-state index < -0.39 is 17.6 Å². The first-order chi connectivity index (χ1) is 14.8. The maximum Gasteiger partial charge on any atom is 0.416 e. The van der Waals surface area contributed by atoms with Gasteiger partial charge < -0.3 is 5.32 Å².